The van der Waals surface area contributed by atoms with Crippen molar-refractivity contribution in [3.05, 3.63) is 54.0 Å². The number of ether oxygens (including phenoxy) is 2. The summed E-state index contributed by atoms with van der Waals surface area (Å²) in [6, 6.07) is 9.74. The fourth-order valence-electron chi connectivity index (χ4n) is 2.48. The van der Waals surface area contributed by atoms with Crippen molar-refractivity contribution < 1.29 is 23.5 Å². The lowest BCUT2D eigenvalue weighted by molar-refractivity contribution is -0.0300. The third-order valence-electron chi connectivity index (χ3n) is 3.80. The Bertz CT molecular complexity index is 672. The Morgan fingerprint density at radius 2 is 2.00 bits per heavy atom. The molecule has 1 amide bonds. The van der Waals surface area contributed by atoms with Crippen LogP contribution in [0.1, 0.15) is 40.2 Å². The van der Waals surface area contributed by atoms with Gasteiger partial charge in [0.25, 0.3) is 5.91 Å². The van der Waals surface area contributed by atoms with Crippen LogP contribution in [0.3, 0.4) is 0 Å². The predicted molar refractivity (Wildman–Crippen MR) is 87.0 cm³/mol. The molecule has 0 radical (unpaired) electrons. The van der Waals surface area contributed by atoms with Crippen LogP contribution in [-0.2, 0) is 9.47 Å². The van der Waals surface area contributed by atoms with Gasteiger partial charge >= 0.3 is 5.97 Å². The molecule has 6 heteroatoms. The summed E-state index contributed by atoms with van der Waals surface area (Å²) < 4.78 is 15.8. The number of esters is 1. The summed E-state index contributed by atoms with van der Waals surface area (Å²) in [7, 11) is 0. The third kappa shape index (κ3) is 4.23. The van der Waals surface area contributed by atoms with Crippen molar-refractivity contribution in [3.8, 4) is 0 Å². The van der Waals surface area contributed by atoms with Gasteiger partial charge in [0.05, 0.1) is 17.9 Å². The molecule has 24 heavy (non-hydrogen) atoms. The maximum absolute atomic E-state index is 12.0. The summed E-state index contributed by atoms with van der Waals surface area (Å²) in [6.45, 7) is 1.00. The fraction of sp³-hybridized carbons (Fsp3) is 0.333. The summed E-state index contributed by atoms with van der Waals surface area (Å²) >= 11 is 0. The van der Waals surface area contributed by atoms with E-state index in [0.29, 0.717) is 11.3 Å². The van der Waals surface area contributed by atoms with Gasteiger partial charge in [0, 0.05) is 12.3 Å². The summed E-state index contributed by atoms with van der Waals surface area (Å²) in [6.07, 6.45) is 4.52. The van der Waals surface area contributed by atoms with Crippen LogP contribution in [0.15, 0.2) is 47.1 Å². The smallest absolute Gasteiger partial charge is 0.338 e. The largest absolute Gasteiger partial charge is 0.459 e. The standard InChI is InChI=1S/C18H19NO5/c20-17(16-5-3-11-23-16)19-14-8-6-13(7-9-14)18(21)24-12-15-4-1-2-10-22-15/h3,5-9,11,15H,1-2,4,10,12H2,(H,19,20). The average molecular weight is 329 g/mol. The molecule has 1 aliphatic rings. The van der Waals surface area contributed by atoms with E-state index in [-0.39, 0.29) is 24.4 Å². The molecule has 0 bridgehead atoms. The van der Waals surface area contributed by atoms with Gasteiger partial charge in [-0.2, -0.15) is 0 Å². The van der Waals surface area contributed by atoms with E-state index in [1.165, 1.54) is 6.26 Å². The highest BCUT2D eigenvalue weighted by Gasteiger charge is 2.17. The monoisotopic (exact) mass is 329 g/mol. The highest BCUT2D eigenvalue weighted by Crippen LogP contribution is 2.15. The number of hydrogen-bond donors (Lipinski definition) is 1. The van der Waals surface area contributed by atoms with E-state index in [0.717, 1.165) is 25.9 Å². The van der Waals surface area contributed by atoms with Crippen LogP contribution in [0.5, 0.6) is 0 Å². The number of rotatable bonds is 5. The fourth-order valence-corrected chi connectivity index (χ4v) is 2.48. The third-order valence-corrected chi connectivity index (χ3v) is 3.80. The predicted octanol–water partition coefficient (Wildman–Crippen LogP) is 3.26. The first kappa shape index (κ1) is 16.3. The molecule has 0 spiro atoms. The summed E-state index contributed by atoms with van der Waals surface area (Å²) in [5, 5.41) is 2.69. The Morgan fingerprint density at radius 1 is 1.17 bits per heavy atom. The number of carbonyl (C=O) groups excluding carboxylic acids is 2. The van der Waals surface area contributed by atoms with E-state index in [9.17, 15) is 9.59 Å². The lowest BCUT2D eigenvalue weighted by atomic mass is 10.1. The molecule has 1 unspecified atom stereocenters. The first-order chi connectivity index (χ1) is 11.7. The SMILES string of the molecule is O=C(OCC1CCCCO1)c1ccc(NC(=O)c2ccco2)cc1. The molecule has 1 saturated heterocycles. The normalized spacial score (nSPS) is 17.2. The van der Waals surface area contributed by atoms with Crippen molar-refractivity contribution in [3.63, 3.8) is 0 Å². The molecule has 1 fully saturated rings. The van der Waals surface area contributed by atoms with Crippen molar-refractivity contribution in [1.82, 2.24) is 0 Å². The van der Waals surface area contributed by atoms with E-state index in [1.807, 2.05) is 0 Å². The Hall–Kier alpha value is -2.60. The highest BCUT2D eigenvalue weighted by molar-refractivity contribution is 6.02. The minimum atomic E-state index is -0.395. The number of amides is 1. The molecule has 1 aromatic carbocycles. The molecule has 2 aromatic rings. The molecular formula is C18H19NO5. The van der Waals surface area contributed by atoms with Crippen LogP contribution < -0.4 is 5.32 Å². The molecule has 3 rings (SSSR count). The molecule has 0 saturated carbocycles. The van der Waals surface area contributed by atoms with Crippen LogP contribution in [0.2, 0.25) is 0 Å². The minimum Gasteiger partial charge on any atom is -0.459 e. The molecule has 1 aliphatic heterocycles. The van der Waals surface area contributed by atoms with Crippen molar-refractivity contribution in [2.24, 2.45) is 0 Å². The second-order valence-corrected chi connectivity index (χ2v) is 5.60. The zero-order chi connectivity index (χ0) is 16.8. The van der Waals surface area contributed by atoms with Gasteiger partial charge in [0.1, 0.15) is 6.61 Å². The maximum Gasteiger partial charge on any atom is 0.338 e. The Labute approximate surface area is 139 Å². The number of furan rings is 1. The van der Waals surface area contributed by atoms with Crippen LogP contribution in [0, 0.1) is 0 Å². The zero-order valence-corrected chi connectivity index (χ0v) is 13.2. The summed E-state index contributed by atoms with van der Waals surface area (Å²) in [5.41, 5.74) is 1.00. The van der Waals surface area contributed by atoms with Crippen molar-refractivity contribution >= 4 is 17.6 Å². The van der Waals surface area contributed by atoms with E-state index in [1.54, 1.807) is 36.4 Å². The molecule has 2 heterocycles. The van der Waals surface area contributed by atoms with Gasteiger partial charge in [-0.3, -0.25) is 4.79 Å². The van der Waals surface area contributed by atoms with Crippen LogP contribution in [0.25, 0.3) is 0 Å². The van der Waals surface area contributed by atoms with Crippen LogP contribution in [0.4, 0.5) is 5.69 Å². The lowest BCUT2D eigenvalue weighted by Gasteiger charge is -2.22. The number of nitrogens with one attached hydrogen (secondary N) is 1. The zero-order valence-electron chi connectivity index (χ0n) is 13.2. The van der Waals surface area contributed by atoms with Crippen LogP contribution in [-0.4, -0.2) is 31.2 Å². The Morgan fingerprint density at radius 3 is 2.67 bits per heavy atom. The number of anilines is 1. The lowest BCUT2D eigenvalue weighted by Crippen LogP contribution is -2.25. The average Bonchev–Trinajstić information content (AvgIpc) is 3.16. The number of benzene rings is 1. The van der Waals surface area contributed by atoms with E-state index in [2.05, 4.69) is 5.32 Å². The first-order valence-corrected chi connectivity index (χ1v) is 7.96. The second-order valence-electron chi connectivity index (χ2n) is 5.60. The van der Waals surface area contributed by atoms with Crippen molar-refractivity contribution in [2.75, 3.05) is 18.5 Å². The molecular weight excluding hydrogens is 310 g/mol. The maximum atomic E-state index is 12.0. The minimum absolute atomic E-state index is 0.00504. The second kappa shape index (κ2) is 7.79. The molecule has 1 aromatic heterocycles. The van der Waals surface area contributed by atoms with Crippen molar-refractivity contribution in [2.45, 2.75) is 25.4 Å². The molecule has 1 atom stereocenters. The molecule has 6 nitrogen and oxygen atoms in total. The number of hydrogen-bond acceptors (Lipinski definition) is 5. The van der Waals surface area contributed by atoms with Crippen LogP contribution >= 0.6 is 0 Å². The van der Waals surface area contributed by atoms with Crippen molar-refractivity contribution in [1.29, 1.82) is 0 Å². The van der Waals surface area contributed by atoms with Gasteiger partial charge in [0.2, 0.25) is 0 Å². The molecule has 1 N–H and O–H groups in total. The number of carbonyl (C=O) groups is 2. The van der Waals surface area contributed by atoms with Gasteiger partial charge in [0.15, 0.2) is 5.76 Å². The topological polar surface area (TPSA) is 77.8 Å². The summed E-state index contributed by atoms with van der Waals surface area (Å²) in [4.78, 5) is 23.9. The quantitative estimate of drug-likeness (QED) is 0.852. The van der Waals surface area contributed by atoms with E-state index < -0.39 is 5.97 Å². The molecule has 126 valence electrons. The van der Waals surface area contributed by atoms with Gasteiger partial charge in [-0.15, -0.1) is 0 Å². The summed E-state index contributed by atoms with van der Waals surface area (Å²) in [5.74, 6) is -0.510. The highest BCUT2D eigenvalue weighted by atomic mass is 16.6. The van der Waals surface area contributed by atoms with Gasteiger partial charge < -0.3 is 19.2 Å². The Kier molecular flexibility index (Phi) is 5.28. The van der Waals surface area contributed by atoms with E-state index in [4.69, 9.17) is 13.9 Å². The van der Waals surface area contributed by atoms with Gasteiger partial charge in [-0.25, -0.2) is 4.79 Å². The van der Waals surface area contributed by atoms with E-state index >= 15 is 0 Å². The van der Waals surface area contributed by atoms with Gasteiger partial charge in [-0.1, -0.05) is 0 Å². The van der Waals surface area contributed by atoms with Gasteiger partial charge in [-0.05, 0) is 55.7 Å². The first-order valence-electron chi connectivity index (χ1n) is 7.96. The Balaban J connectivity index is 1.51. The molecule has 0 aliphatic carbocycles.